The van der Waals surface area contributed by atoms with Crippen molar-refractivity contribution in [3.8, 4) is 0 Å². The Balaban J connectivity index is 1.70. The average molecular weight is 575 g/mol. The molecule has 0 aliphatic carbocycles. The van der Waals surface area contributed by atoms with E-state index in [2.05, 4.69) is 161 Å². The Labute approximate surface area is 216 Å². The molecular weight excluding hydrogens is 546 g/mol. The molecule has 5 rings (SSSR count). The molecule has 0 fully saturated rings. The van der Waals surface area contributed by atoms with Crippen LogP contribution < -0.4 is 17.4 Å². The fourth-order valence-corrected chi connectivity index (χ4v) is 19.5. The van der Waals surface area contributed by atoms with E-state index < -0.39 is 28.2 Å². The quantitative estimate of drug-likeness (QED) is 0.229. The van der Waals surface area contributed by atoms with Crippen molar-refractivity contribution in [2.75, 3.05) is 0 Å². The van der Waals surface area contributed by atoms with Crippen LogP contribution in [0.25, 0.3) is 0 Å². The van der Waals surface area contributed by atoms with Crippen LogP contribution in [0, 0.1) is 0 Å². The van der Waals surface area contributed by atoms with E-state index in [0.29, 0.717) is 0 Å². The van der Waals surface area contributed by atoms with E-state index in [1.54, 1.807) is 0 Å². The molecule has 0 bridgehead atoms. The predicted molar refractivity (Wildman–Crippen MR) is 155 cm³/mol. The molecule has 5 aromatic carbocycles. The van der Waals surface area contributed by atoms with Crippen LogP contribution in [0.4, 0.5) is 0 Å². The Bertz CT molecular complexity index is 1250. The van der Waals surface area contributed by atoms with Crippen LogP contribution in [-0.4, -0.2) is 28.2 Å². The second-order valence-corrected chi connectivity index (χ2v) is 20.0. The summed E-state index contributed by atoms with van der Waals surface area (Å²) in [6, 6.07) is 55.8. The molecule has 0 nitrogen and oxygen atoms in total. The molecule has 5 aromatic rings. The predicted octanol–water partition coefficient (Wildman–Crippen LogP) is 4.98. The van der Waals surface area contributed by atoms with E-state index in [9.17, 15) is 0 Å². The summed E-state index contributed by atoms with van der Waals surface area (Å²) < 4.78 is 5.92. The zero-order valence-electron chi connectivity index (χ0n) is 19.7. The van der Waals surface area contributed by atoms with E-state index in [0.717, 1.165) is 5.21 Å². The van der Waals surface area contributed by atoms with Gasteiger partial charge in [0.05, 0.1) is 0 Å². The summed E-state index contributed by atoms with van der Waals surface area (Å²) in [4.78, 5) is 5.32. The number of rotatable bonds is 8. The summed E-state index contributed by atoms with van der Waals surface area (Å²) in [6.45, 7) is 0. The van der Waals surface area contributed by atoms with Gasteiger partial charge in [0.2, 0.25) is 0 Å². The van der Waals surface area contributed by atoms with Crippen molar-refractivity contribution in [3.05, 3.63) is 167 Å². The molecule has 2 heteroatoms. The maximum atomic E-state index is 2.69. The summed E-state index contributed by atoms with van der Waals surface area (Å²) in [5.41, 5.74) is 1.41. The van der Waals surface area contributed by atoms with Crippen molar-refractivity contribution < 1.29 is 0 Å². The fraction of sp³-hybridized carbons (Fsp3) is 0.0303. The molecule has 0 atom stereocenters. The summed E-state index contributed by atoms with van der Waals surface area (Å²) >= 11 is -4.37. The summed E-state index contributed by atoms with van der Waals surface area (Å²) in [5.74, 6) is 0. The SMILES string of the molecule is C(=C[As+](Cc1ccccc1)(c1ccccc1)c1ccccc1)[As](c1ccccc1)c1ccccc1. The number of hydrogen-bond acceptors (Lipinski definition) is 0. The van der Waals surface area contributed by atoms with Crippen molar-refractivity contribution >= 4 is 45.6 Å². The standard InChI is InChI=1S/C33H29As2/c1-6-16-29(17-7-1)28-35(32-22-12-4-13-23-32,33-24-14-5-15-25-33)27-26-34(30-18-8-2-9-19-30)31-20-10-3-11-21-31/h1-27H,28H2/q+1. The van der Waals surface area contributed by atoms with Gasteiger partial charge in [0, 0.05) is 0 Å². The third-order valence-electron chi connectivity index (χ3n) is 6.25. The van der Waals surface area contributed by atoms with Gasteiger partial charge < -0.3 is 0 Å². The third kappa shape index (κ3) is 5.62. The van der Waals surface area contributed by atoms with Gasteiger partial charge in [-0.2, -0.15) is 0 Å². The third-order valence-corrected chi connectivity index (χ3v) is 20.2. The summed E-state index contributed by atoms with van der Waals surface area (Å²) in [6.07, 6.45) is 0. The zero-order valence-corrected chi connectivity index (χ0v) is 23.4. The van der Waals surface area contributed by atoms with Crippen molar-refractivity contribution in [3.63, 3.8) is 0 Å². The molecule has 0 N–H and O–H groups in total. The second kappa shape index (κ2) is 11.6. The normalized spacial score (nSPS) is 11.7. The van der Waals surface area contributed by atoms with Crippen LogP contribution >= 0.6 is 0 Å². The Hall–Kier alpha value is -3.04. The van der Waals surface area contributed by atoms with Gasteiger partial charge in [0.25, 0.3) is 0 Å². The van der Waals surface area contributed by atoms with E-state index in [1.165, 1.54) is 23.0 Å². The first kappa shape index (κ1) is 23.7. The molecule has 0 unspecified atom stereocenters. The van der Waals surface area contributed by atoms with Crippen LogP contribution in [-0.2, 0) is 5.21 Å². The monoisotopic (exact) mass is 575 g/mol. The summed E-state index contributed by atoms with van der Waals surface area (Å²) in [5, 5.41) is 1.08. The van der Waals surface area contributed by atoms with E-state index in [1.807, 2.05) is 0 Å². The molecule has 170 valence electrons. The number of benzene rings is 5. The minimum absolute atomic E-state index is 1.08. The molecule has 0 aliphatic heterocycles. The number of hydrogen-bond donors (Lipinski definition) is 0. The Morgan fingerprint density at radius 2 is 0.829 bits per heavy atom. The molecule has 0 radical (unpaired) electrons. The zero-order chi connectivity index (χ0) is 23.8. The molecule has 0 spiro atoms. The molecule has 0 saturated heterocycles. The van der Waals surface area contributed by atoms with Gasteiger partial charge in [-0.1, -0.05) is 0 Å². The van der Waals surface area contributed by atoms with Crippen molar-refractivity contribution in [2.45, 2.75) is 5.21 Å². The van der Waals surface area contributed by atoms with Crippen molar-refractivity contribution in [1.82, 2.24) is 0 Å². The van der Waals surface area contributed by atoms with Crippen LogP contribution in [0.2, 0.25) is 0 Å². The molecular formula is C33H29As2+. The van der Waals surface area contributed by atoms with Gasteiger partial charge in [-0.15, -0.1) is 0 Å². The van der Waals surface area contributed by atoms with Gasteiger partial charge >= 0.3 is 218 Å². The van der Waals surface area contributed by atoms with Gasteiger partial charge in [-0.05, 0) is 0 Å². The van der Waals surface area contributed by atoms with Gasteiger partial charge in [0.1, 0.15) is 0 Å². The minimum atomic E-state index is -2.74. The Morgan fingerprint density at radius 1 is 0.457 bits per heavy atom. The van der Waals surface area contributed by atoms with Gasteiger partial charge in [-0.25, -0.2) is 0 Å². The van der Waals surface area contributed by atoms with Gasteiger partial charge in [0.15, 0.2) is 0 Å². The topological polar surface area (TPSA) is 0 Å². The van der Waals surface area contributed by atoms with E-state index in [-0.39, 0.29) is 0 Å². The van der Waals surface area contributed by atoms with Crippen LogP contribution in [0.1, 0.15) is 5.56 Å². The van der Waals surface area contributed by atoms with Gasteiger partial charge in [-0.3, -0.25) is 0 Å². The molecule has 0 saturated carbocycles. The van der Waals surface area contributed by atoms with Crippen molar-refractivity contribution in [2.24, 2.45) is 0 Å². The molecule has 0 aliphatic rings. The molecule has 0 aromatic heterocycles. The molecule has 0 heterocycles. The van der Waals surface area contributed by atoms with Crippen LogP contribution in [0.15, 0.2) is 161 Å². The van der Waals surface area contributed by atoms with Crippen LogP contribution in [0.5, 0.6) is 0 Å². The second-order valence-electron chi connectivity index (χ2n) is 8.52. The average Bonchev–Trinajstić information content (AvgIpc) is 2.95. The summed E-state index contributed by atoms with van der Waals surface area (Å²) in [7, 11) is 0. The first-order valence-corrected chi connectivity index (χ1v) is 19.2. The van der Waals surface area contributed by atoms with Crippen LogP contribution in [0.3, 0.4) is 0 Å². The molecule has 0 amide bonds. The Morgan fingerprint density at radius 3 is 1.26 bits per heavy atom. The van der Waals surface area contributed by atoms with E-state index in [4.69, 9.17) is 0 Å². The van der Waals surface area contributed by atoms with E-state index >= 15 is 0 Å². The first-order valence-electron chi connectivity index (χ1n) is 12.0. The van der Waals surface area contributed by atoms with Crippen molar-refractivity contribution in [1.29, 1.82) is 0 Å². The maximum absolute atomic E-state index is 2.74. The first-order chi connectivity index (χ1) is 17.4. The molecule has 35 heavy (non-hydrogen) atoms. The Kier molecular flexibility index (Phi) is 7.84. The fourth-order valence-electron chi connectivity index (χ4n) is 4.49.